The Morgan fingerprint density at radius 1 is 1.35 bits per heavy atom. The summed E-state index contributed by atoms with van der Waals surface area (Å²) < 4.78 is 0. The molecular weight excluding hydrogens is 280 g/mol. The number of carbonyl (C=O) groups is 2. The maximum Gasteiger partial charge on any atom is 0.326 e. The van der Waals surface area contributed by atoms with Crippen LogP contribution in [0.3, 0.4) is 0 Å². The summed E-state index contributed by atoms with van der Waals surface area (Å²) in [5, 5.41) is 14.7. The van der Waals surface area contributed by atoms with Gasteiger partial charge in [0, 0.05) is 11.6 Å². The van der Waals surface area contributed by atoms with Crippen molar-refractivity contribution in [1.82, 2.24) is 10.6 Å². The highest BCUT2D eigenvalue weighted by atomic mass is 35.5. The molecule has 5 nitrogen and oxygen atoms in total. The van der Waals surface area contributed by atoms with Gasteiger partial charge in [-0.3, -0.25) is 0 Å². The molecule has 0 aliphatic heterocycles. The number of amides is 2. The smallest absolute Gasteiger partial charge is 0.326 e. The highest BCUT2D eigenvalue weighted by molar-refractivity contribution is 6.31. The first-order chi connectivity index (χ1) is 9.45. The monoisotopic (exact) mass is 298 g/mol. The molecule has 0 saturated heterocycles. The predicted molar refractivity (Wildman–Crippen MR) is 77.7 cm³/mol. The van der Waals surface area contributed by atoms with Gasteiger partial charge in [-0.2, -0.15) is 0 Å². The molecule has 110 valence electrons. The minimum absolute atomic E-state index is 0.140. The van der Waals surface area contributed by atoms with Crippen molar-refractivity contribution in [2.75, 3.05) is 0 Å². The lowest BCUT2D eigenvalue weighted by atomic mass is 9.99. The number of urea groups is 1. The van der Waals surface area contributed by atoms with E-state index in [1.807, 2.05) is 13.0 Å². The quantitative estimate of drug-likeness (QED) is 0.755. The van der Waals surface area contributed by atoms with Gasteiger partial charge in [-0.15, -0.1) is 0 Å². The van der Waals surface area contributed by atoms with Crippen molar-refractivity contribution >= 4 is 23.6 Å². The number of carbonyl (C=O) groups excluding carboxylic acids is 1. The number of carboxylic acids is 1. The largest absolute Gasteiger partial charge is 0.480 e. The van der Waals surface area contributed by atoms with E-state index in [0.29, 0.717) is 11.4 Å². The summed E-state index contributed by atoms with van der Waals surface area (Å²) in [6.45, 7) is 3.91. The second-order valence-electron chi connectivity index (χ2n) is 4.62. The Morgan fingerprint density at radius 2 is 2.00 bits per heavy atom. The third kappa shape index (κ3) is 4.74. The fourth-order valence-electron chi connectivity index (χ4n) is 1.69. The maximum absolute atomic E-state index is 11.7. The Bertz CT molecular complexity index is 479. The van der Waals surface area contributed by atoms with Crippen molar-refractivity contribution in [2.24, 2.45) is 5.92 Å². The van der Waals surface area contributed by atoms with Crippen LogP contribution in [0.1, 0.15) is 25.8 Å². The zero-order chi connectivity index (χ0) is 15.1. The van der Waals surface area contributed by atoms with E-state index in [1.54, 1.807) is 25.1 Å². The summed E-state index contributed by atoms with van der Waals surface area (Å²) in [6, 6.07) is 5.74. The number of rotatable bonds is 6. The van der Waals surface area contributed by atoms with Gasteiger partial charge in [0.1, 0.15) is 6.04 Å². The molecule has 0 spiro atoms. The van der Waals surface area contributed by atoms with Gasteiger partial charge in [0.05, 0.1) is 0 Å². The average molecular weight is 299 g/mol. The number of nitrogens with one attached hydrogen (secondary N) is 2. The van der Waals surface area contributed by atoms with Crippen LogP contribution in [0.25, 0.3) is 0 Å². The Hall–Kier alpha value is -1.75. The van der Waals surface area contributed by atoms with E-state index < -0.39 is 18.0 Å². The number of aliphatic carboxylic acids is 1. The second-order valence-corrected chi connectivity index (χ2v) is 5.03. The van der Waals surface area contributed by atoms with Gasteiger partial charge in [0.25, 0.3) is 0 Å². The molecule has 2 atom stereocenters. The molecule has 0 heterocycles. The molecule has 0 bridgehead atoms. The van der Waals surface area contributed by atoms with Crippen molar-refractivity contribution < 1.29 is 14.7 Å². The molecule has 0 radical (unpaired) electrons. The minimum Gasteiger partial charge on any atom is -0.480 e. The molecular formula is C14H19ClN2O3. The van der Waals surface area contributed by atoms with Crippen molar-refractivity contribution in [3.05, 3.63) is 34.9 Å². The summed E-state index contributed by atoms with van der Waals surface area (Å²) in [7, 11) is 0. The van der Waals surface area contributed by atoms with Crippen molar-refractivity contribution in [2.45, 2.75) is 32.9 Å². The highest BCUT2D eigenvalue weighted by Gasteiger charge is 2.25. The zero-order valence-electron chi connectivity index (χ0n) is 11.5. The first kappa shape index (κ1) is 16.3. The van der Waals surface area contributed by atoms with Crippen LogP contribution in [0.2, 0.25) is 5.02 Å². The molecule has 1 aromatic carbocycles. The third-order valence-electron chi connectivity index (χ3n) is 3.16. The first-order valence-electron chi connectivity index (χ1n) is 6.46. The summed E-state index contributed by atoms with van der Waals surface area (Å²) in [4.78, 5) is 22.8. The fourth-order valence-corrected chi connectivity index (χ4v) is 1.90. The summed E-state index contributed by atoms with van der Waals surface area (Å²) in [5.74, 6) is -1.18. The standard InChI is InChI=1S/C14H19ClN2O3/c1-3-9(2)12(13(18)19)17-14(20)16-8-10-6-4-5-7-11(10)15/h4-7,9,12H,3,8H2,1-2H3,(H,18,19)(H2,16,17,20)/t9-,12+/m1/s1. The van der Waals surface area contributed by atoms with Crippen LogP contribution < -0.4 is 10.6 Å². The van der Waals surface area contributed by atoms with Crippen LogP contribution in [0.15, 0.2) is 24.3 Å². The Morgan fingerprint density at radius 3 is 2.55 bits per heavy atom. The number of benzene rings is 1. The van der Waals surface area contributed by atoms with Gasteiger partial charge >= 0.3 is 12.0 Å². The molecule has 20 heavy (non-hydrogen) atoms. The van der Waals surface area contributed by atoms with E-state index in [0.717, 1.165) is 5.56 Å². The van der Waals surface area contributed by atoms with E-state index in [9.17, 15) is 9.59 Å². The lowest BCUT2D eigenvalue weighted by molar-refractivity contribution is -0.140. The van der Waals surface area contributed by atoms with E-state index in [4.69, 9.17) is 16.7 Å². The molecule has 0 saturated carbocycles. The maximum atomic E-state index is 11.7. The molecule has 0 unspecified atom stereocenters. The van der Waals surface area contributed by atoms with Gasteiger partial charge < -0.3 is 15.7 Å². The molecule has 2 amide bonds. The molecule has 0 fully saturated rings. The number of hydrogen-bond acceptors (Lipinski definition) is 2. The molecule has 6 heteroatoms. The number of hydrogen-bond donors (Lipinski definition) is 3. The molecule has 0 aliphatic carbocycles. The Labute approximate surface area is 123 Å². The van der Waals surface area contributed by atoms with E-state index in [1.165, 1.54) is 0 Å². The lowest BCUT2D eigenvalue weighted by Crippen LogP contribution is -2.48. The molecule has 1 rings (SSSR count). The van der Waals surface area contributed by atoms with Crippen molar-refractivity contribution in [3.8, 4) is 0 Å². The Kier molecular flexibility index (Phi) is 6.31. The molecule has 3 N–H and O–H groups in total. The van der Waals surface area contributed by atoms with Crippen LogP contribution in [0, 0.1) is 5.92 Å². The third-order valence-corrected chi connectivity index (χ3v) is 3.53. The lowest BCUT2D eigenvalue weighted by Gasteiger charge is -2.20. The SMILES string of the molecule is CC[C@@H](C)[C@H](NC(=O)NCc1ccccc1Cl)C(=O)O. The van der Waals surface area contributed by atoms with Crippen molar-refractivity contribution in [3.63, 3.8) is 0 Å². The fraction of sp³-hybridized carbons (Fsp3) is 0.429. The molecule has 1 aromatic rings. The van der Waals surface area contributed by atoms with Crippen molar-refractivity contribution in [1.29, 1.82) is 0 Å². The van der Waals surface area contributed by atoms with Crippen LogP contribution in [-0.4, -0.2) is 23.1 Å². The minimum atomic E-state index is -1.03. The van der Waals surface area contributed by atoms with Gasteiger partial charge in [0.15, 0.2) is 0 Å². The van der Waals surface area contributed by atoms with Crippen LogP contribution in [0.4, 0.5) is 4.79 Å². The first-order valence-corrected chi connectivity index (χ1v) is 6.84. The highest BCUT2D eigenvalue weighted by Crippen LogP contribution is 2.14. The number of carboxylic acid groups (broad SMARTS) is 1. The molecule has 0 aromatic heterocycles. The van der Waals surface area contributed by atoms with Gasteiger partial charge in [-0.1, -0.05) is 50.1 Å². The average Bonchev–Trinajstić information content (AvgIpc) is 2.42. The zero-order valence-corrected chi connectivity index (χ0v) is 12.3. The topological polar surface area (TPSA) is 78.4 Å². The molecule has 0 aliphatic rings. The van der Waals surface area contributed by atoms with E-state index >= 15 is 0 Å². The van der Waals surface area contributed by atoms with E-state index in [2.05, 4.69) is 10.6 Å². The van der Waals surface area contributed by atoms with E-state index in [-0.39, 0.29) is 12.5 Å². The predicted octanol–water partition coefficient (Wildman–Crippen LogP) is 2.64. The summed E-state index contributed by atoms with van der Waals surface area (Å²) in [6.07, 6.45) is 0.668. The van der Waals surface area contributed by atoms with Gasteiger partial charge in [-0.05, 0) is 17.5 Å². The van der Waals surface area contributed by atoms with Crippen LogP contribution in [-0.2, 0) is 11.3 Å². The normalized spacial score (nSPS) is 13.3. The van der Waals surface area contributed by atoms with Gasteiger partial charge in [0.2, 0.25) is 0 Å². The van der Waals surface area contributed by atoms with Crippen LogP contribution in [0.5, 0.6) is 0 Å². The second kappa shape index (κ2) is 7.75. The number of halogens is 1. The summed E-state index contributed by atoms with van der Waals surface area (Å²) >= 11 is 5.97. The Balaban J connectivity index is 2.55. The van der Waals surface area contributed by atoms with Crippen LogP contribution >= 0.6 is 11.6 Å². The summed E-state index contributed by atoms with van der Waals surface area (Å²) in [5.41, 5.74) is 0.778. The van der Waals surface area contributed by atoms with Gasteiger partial charge in [-0.25, -0.2) is 9.59 Å².